The number of fused-ring (bicyclic) bond motifs is 1. The van der Waals surface area contributed by atoms with Gasteiger partial charge < -0.3 is 19.4 Å². The number of ether oxygens (including phenoxy) is 2. The fourth-order valence-electron chi connectivity index (χ4n) is 4.97. The zero-order valence-corrected chi connectivity index (χ0v) is 23.9. The summed E-state index contributed by atoms with van der Waals surface area (Å²) in [5, 5.41) is 4.44. The zero-order chi connectivity index (χ0) is 27.0. The number of nitrogens with one attached hydrogen (secondary N) is 1. The molecule has 1 aromatic heterocycles. The van der Waals surface area contributed by atoms with E-state index in [-0.39, 0.29) is 5.56 Å². The van der Waals surface area contributed by atoms with Gasteiger partial charge in [0.05, 0.1) is 19.2 Å². The number of nitrogens with zero attached hydrogens (tertiary/aromatic N) is 1. The molecule has 0 fully saturated rings. The second-order valence-corrected chi connectivity index (χ2v) is 10.3. The number of aryl methyl sites for hydroxylation is 1. The fraction of sp³-hybridized carbons (Fsp3) is 0.545. The number of rotatable bonds is 19. The largest absolute Gasteiger partial charge is 0.492 e. The minimum absolute atomic E-state index is 0.0888. The molecule has 0 saturated carbocycles. The van der Waals surface area contributed by atoms with Gasteiger partial charge in [-0.1, -0.05) is 108 Å². The maximum Gasteiger partial charge on any atom is 0.297 e. The molecule has 3 rings (SSSR count). The highest BCUT2D eigenvalue weighted by atomic mass is 16.5. The van der Waals surface area contributed by atoms with Crippen molar-refractivity contribution in [1.29, 1.82) is 0 Å². The van der Waals surface area contributed by atoms with Crippen LogP contribution in [-0.4, -0.2) is 18.3 Å². The van der Waals surface area contributed by atoms with E-state index in [1.54, 1.807) is 7.11 Å². The molecule has 0 atom stereocenters. The van der Waals surface area contributed by atoms with Crippen LogP contribution in [0.25, 0.3) is 10.9 Å². The lowest BCUT2D eigenvalue weighted by Gasteiger charge is -2.18. The number of benzene rings is 2. The van der Waals surface area contributed by atoms with Crippen molar-refractivity contribution < 1.29 is 9.47 Å². The number of anilines is 1. The van der Waals surface area contributed by atoms with E-state index >= 15 is 0 Å². The van der Waals surface area contributed by atoms with E-state index < -0.39 is 0 Å². The number of hydrogen-bond acceptors (Lipinski definition) is 4. The molecule has 0 saturated heterocycles. The third-order valence-electron chi connectivity index (χ3n) is 7.20. The van der Waals surface area contributed by atoms with Gasteiger partial charge in [-0.3, -0.25) is 4.79 Å². The average molecular weight is 521 g/mol. The second kappa shape index (κ2) is 16.8. The van der Waals surface area contributed by atoms with Crippen LogP contribution in [0.5, 0.6) is 11.5 Å². The van der Waals surface area contributed by atoms with E-state index in [2.05, 4.69) is 49.5 Å². The van der Waals surface area contributed by atoms with Gasteiger partial charge in [-0.15, -0.1) is 0 Å². The Bertz CT molecular complexity index is 1140. The first-order valence-corrected chi connectivity index (χ1v) is 14.8. The normalized spacial score (nSPS) is 11.1. The van der Waals surface area contributed by atoms with Crippen molar-refractivity contribution in [2.75, 3.05) is 19.0 Å². The Morgan fingerprint density at radius 1 is 0.763 bits per heavy atom. The predicted molar refractivity (Wildman–Crippen MR) is 161 cm³/mol. The molecule has 0 bridgehead atoms. The van der Waals surface area contributed by atoms with Crippen molar-refractivity contribution in [3.63, 3.8) is 0 Å². The summed E-state index contributed by atoms with van der Waals surface area (Å²) < 4.78 is 13.8. The van der Waals surface area contributed by atoms with Gasteiger partial charge in [0.1, 0.15) is 0 Å². The van der Waals surface area contributed by atoms with E-state index in [1.165, 1.54) is 56.9 Å². The molecule has 38 heavy (non-hydrogen) atoms. The summed E-state index contributed by atoms with van der Waals surface area (Å²) in [4.78, 5) is 13.8. The molecule has 1 heterocycles. The Kier molecular flexibility index (Phi) is 13.1. The summed E-state index contributed by atoms with van der Waals surface area (Å²) >= 11 is 0. The molecule has 0 unspecified atom stereocenters. The predicted octanol–water partition coefficient (Wildman–Crippen LogP) is 8.72. The highest BCUT2D eigenvalue weighted by molar-refractivity contribution is 5.90. The lowest BCUT2D eigenvalue weighted by atomic mass is 10.1. The number of aromatic nitrogens is 1. The van der Waals surface area contributed by atoms with Crippen molar-refractivity contribution in [2.24, 2.45) is 0 Å². The molecule has 208 valence electrons. The Hall–Kier alpha value is -2.95. The van der Waals surface area contributed by atoms with Crippen LogP contribution in [0.4, 0.5) is 5.69 Å². The average Bonchev–Trinajstić information content (AvgIpc) is 2.95. The first-order chi connectivity index (χ1) is 18.7. The van der Waals surface area contributed by atoms with Crippen LogP contribution in [-0.2, 0) is 13.1 Å². The molecule has 3 aromatic rings. The Balaban J connectivity index is 1.83. The third-order valence-corrected chi connectivity index (χ3v) is 7.20. The summed E-state index contributed by atoms with van der Waals surface area (Å²) in [7, 11) is 1.63. The zero-order valence-electron chi connectivity index (χ0n) is 23.9. The number of unbranched alkanes of at least 4 members (excludes halogenated alkanes) is 10. The highest BCUT2D eigenvalue weighted by Crippen LogP contribution is 2.34. The van der Waals surface area contributed by atoms with Crippen molar-refractivity contribution in [2.45, 2.75) is 104 Å². The maximum atomic E-state index is 13.8. The standard InChI is InChI=1S/C33H48N2O3/c1-4-6-8-10-12-17-23-35-30-25-28(34-26-27-19-15-14-16-20-27)21-22-29(30)31(37-3)32(33(35)36)38-24-18-13-11-9-7-5-2/h14-16,19-22,25,34H,4-13,17-18,23-24,26H2,1-3H3. The van der Waals surface area contributed by atoms with Gasteiger partial charge in [0, 0.05) is 24.2 Å². The van der Waals surface area contributed by atoms with Crippen molar-refractivity contribution in [3.8, 4) is 11.5 Å². The van der Waals surface area contributed by atoms with Crippen molar-refractivity contribution in [3.05, 3.63) is 64.4 Å². The molecule has 0 spiro atoms. The van der Waals surface area contributed by atoms with Crippen LogP contribution < -0.4 is 20.3 Å². The van der Waals surface area contributed by atoms with Crippen LogP contribution in [0.1, 0.15) is 96.5 Å². The van der Waals surface area contributed by atoms with Crippen LogP contribution in [0.2, 0.25) is 0 Å². The van der Waals surface area contributed by atoms with Crippen LogP contribution in [0.15, 0.2) is 53.3 Å². The first-order valence-electron chi connectivity index (χ1n) is 14.8. The van der Waals surface area contributed by atoms with Gasteiger partial charge in [0.2, 0.25) is 5.75 Å². The fourth-order valence-corrected chi connectivity index (χ4v) is 4.97. The van der Waals surface area contributed by atoms with Gasteiger partial charge in [-0.2, -0.15) is 0 Å². The lowest BCUT2D eigenvalue weighted by Crippen LogP contribution is -2.24. The van der Waals surface area contributed by atoms with Crippen LogP contribution >= 0.6 is 0 Å². The molecule has 5 heteroatoms. The Labute approximate surface area is 229 Å². The minimum atomic E-state index is -0.0888. The molecule has 2 aromatic carbocycles. The van der Waals surface area contributed by atoms with E-state index in [1.807, 2.05) is 22.8 Å². The minimum Gasteiger partial charge on any atom is -0.492 e. The van der Waals surface area contributed by atoms with E-state index in [4.69, 9.17) is 9.47 Å². The number of pyridine rings is 1. The van der Waals surface area contributed by atoms with Gasteiger partial charge in [0.15, 0.2) is 5.75 Å². The molecule has 0 amide bonds. The smallest absolute Gasteiger partial charge is 0.297 e. The Morgan fingerprint density at radius 2 is 1.42 bits per heavy atom. The molecule has 0 aliphatic carbocycles. The van der Waals surface area contributed by atoms with Gasteiger partial charge in [-0.05, 0) is 36.6 Å². The molecule has 0 aliphatic rings. The molecular weight excluding hydrogens is 472 g/mol. The number of methoxy groups -OCH3 is 1. The highest BCUT2D eigenvalue weighted by Gasteiger charge is 2.19. The SMILES string of the molecule is CCCCCCCCOc1c(OC)c2ccc(NCc3ccccc3)cc2n(CCCCCCCC)c1=O. The lowest BCUT2D eigenvalue weighted by molar-refractivity contribution is 0.279. The van der Waals surface area contributed by atoms with Crippen molar-refractivity contribution >= 4 is 16.6 Å². The Morgan fingerprint density at radius 3 is 2.11 bits per heavy atom. The first kappa shape index (κ1) is 29.6. The molecular formula is C33H48N2O3. The van der Waals surface area contributed by atoms with Crippen molar-refractivity contribution in [1.82, 2.24) is 4.57 Å². The summed E-state index contributed by atoms with van der Waals surface area (Å²) in [5.41, 5.74) is 3.01. The molecule has 0 aliphatic heterocycles. The van der Waals surface area contributed by atoms with Gasteiger partial charge in [-0.25, -0.2) is 0 Å². The summed E-state index contributed by atoms with van der Waals surface area (Å²) in [5.74, 6) is 0.898. The maximum absolute atomic E-state index is 13.8. The second-order valence-electron chi connectivity index (χ2n) is 10.3. The number of hydrogen-bond donors (Lipinski definition) is 1. The van der Waals surface area contributed by atoms with E-state index in [0.717, 1.165) is 48.8 Å². The van der Waals surface area contributed by atoms with Gasteiger partial charge in [0.25, 0.3) is 5.56 Å². The van der Waals surface area contributed by atoms with Crippen LogP contribution in [0.3, 0.4) is 0 Å². The molecule has 1 N–H and O–H groups in total. The topological polar surface area (TPSA) is 52.5 Å². The van der Waals surface area contributed by atoms with Gasteiger partial charge >= 0.3 is 0 Å². The van der Waals surface area contributed by atoms with E-state index in [9.17, 15) is 4.79 Å². The molecule has 0 radical (unpaired) electrons. The summed E-state index contributed by atoms with van der Waals surface area (Å²) in [6.45, 7) is 6.41. The summed E-state index contributed by atoms with van der Waals surface area (Å²) in [6.07, 6.45) is 14.2. The van der Waals surface area contributed by atoms with E-state index in [0.29, 0.717) is 24.7 Å². The third kappa shape index (κ3) is 8.82. The quantitative estimate of drug-likeness (QED) is 0.161. The monoisotopic (exact) mass is 520 g/mol. The summed E-state index contributed by atoms with van der Waals surface area (Å²) in [6, 6.07) is 16.5. The van der Waals surface area contributed by atoms with Crippen LogP contribution in [0, 0.1) is 0 Å². The molecule has 5 nitrogen and oxygen atoms in total.